The van der Waals surface area contributed by atoms with Crippen LogP contribution in [0.4, 0.5) is 4.39 Å². The van der Waals surface area contributed by atoms with Crippen molar-refractivity contribution in [1.29, 1.82) is 0 Å². The fourth-order valence-corrected chi connectivity index (χ4v) is 4.36. The average Bonchev–Trinajstić information content (AvgIpc) is 3.52. The van der Waals surface area contributed by atoms with E-state index in [1.165, 1.54) is 0 Å². The van der Waals surface area contributed by atoms with Crippen LogP contribution in [0.3, 0.4) is 0 Å². The summed E-state index contributed by atoms with van der Waals surface area (Å²) in [4.78, 5) is 9.52. The van der Waals surface area contributed by atoms with Gasteiger partial charge in [-0.05, 0) is 57.0 Å². The minimum Gasteiger partial charge on any atom is -0.489 e. The van der Waals surface area contributed by atoms with Gasteiger partial charge in [0.15, 0.2) is 0 Å². The number of alkyl halides is 1. The second-order valence-electron chi connectivity index (χ2n) is 8.34. The zero-order valence-corrected chi connectivity index (χ0v) is 18.5. The van der Waals surface area contributed by atoms with Crippen molar-refractivity contribution >= 4 is 11.6 Å². The Morgan fingerprint density at radius 2 is 1.90 bits per heavy atom. The van der Waals surface area contributed by atoms with E-state index in [2.05, 4.69) is 9.55 Å². The molecule has 0 spiro atoms. The molecule has 1 aliphatic carbocycles. The van der Waals surface area contributed by atoms with Gasteiger partial charge in [0.25, 0.3) is 0 Å². The summed E-state index contributed by atoms with van der Waals surface area (Å²) < 4.78 is 27.3. The molecule has 1 saturated carbocycles. The maximum atomic E-state index is 13.6. The van der Waals surface area contributed by atoms with Crippen molar-refractivity contribution in [2.24, 2.45) is 0 Å². The highest BCUT2D eigenvalue weighted by Crippen LogP contribution is 2.37. The predicted octanol–water partition coefficient (Wildman–Crippen LogP) is 5.33. The van der Waals surface area contributed by atoms with Gasteiger partial charge in [-0.25, -0.2) is 9.37 Å². The fraction of sp³-hybridized carbons (Fsp3) is 0.417. The lowest BCUT2D eigenvalue weighted by molar-refractivity contribution is 0.0355. The third kappa shape index (κ3) is 4.19. The van der Waals surface area contributed by atoms with Crippen LogP contribution in [0, 0.1) is 13.8 Å². The zero-order chi connectivity index (χ0) is 21.5. The van der Waals surface area contributed by atoms with Gasteiger partial charge in [0.2, 0.25) is 0 Å². The smallest absolute Gasteiger partial charge is 0.141 e. The highest BCUT2D eigenvalue weighted by molar-refractivity contribution is 6.32. The van der Waals surface area contributed by atoms with Crippen LogP contribution >= 0.6 is 11.6 Å². The summed E-state index contributed by atoms with van der Waals surface area (Å²) in [5.41, 5.74) is 5.71. The molecule has 0 radical (unpaired) electrons. The number of fused-ring (bicyclic) bond motifs is 1. The molecule has 1 atom stereocenters. The lowest BCUT2D eigenvalue weighted by Gasteiger charge is -2.14. The first kappa shape index (κ1) is 20.5. The van der Waals surface area contributed by atoms with Gasteiger partial charge in [0.1, 0.15) is 24.4 Å². The number of aryl methyl sites for hydroxylation is 2. The number of aromatic nitrogens is 3. The van der Waals surface area contributed by atoms with Crippen LogP contribution in [-0.4, -0.2) is 40.0 Å². The minimum absolute atomic E-state index is 0.276. The van der Waals surface area contributed by atoms with Gasteiger partial charge in [-0.15, -0.1) is 0 Å². The molecular weight excluding hydrogens is 417 g/mol. The Balaban J connectivity index is 1.62. The number of benzene rings is 1. The number of nitrogens with zero attached hydrogens (tertiary/aromatic N) is 3. The Hall–Kier alpha value is -2.44. The molecule has 1 aromatic carbocycles. The summed E-state index contributed by atoms with van der Waals surface area (Å²) in [6, 6.07) is 9.84. The van der Waals surface area contributed by atoms with Gasteiger partial charge in [-0.3, -0.25) is 4.98 Å². The van der Waals surface area contributed by atoms with E-state index in [-0.39, 0.29) is 6.10 Å². The van der Waals surface area contributed by atoms with Crippen LogP contribution in [0.5, 0.6) is 5.75 Å². The number of halogens is 2. The second-order valence-corrected chi connectivity index (χ2v) is 8.75. The minimum atomic E-state index is -0.533. The molecule has 1 fully saturated rings. The normalized spacial score (nSPS) is 18.5. The average molecular weight is 442 g/mol. The van der Waals surface area contributed by atoms with Crippen LogP contribution in [0.2, 0.25) is 5.02 Å². The van der Waals surface area contributed by atoms with Crippen molar-refractivity contribution in [1.82, 2.24) is 14.5 Å². The van der Waals surface area contributed by atoms with E-state index in [9.17, 15) is 4.39 Å². The molecule has 2 aliphatic rings. The monoisotopic (exact) mass is 441 g/mol. The number of rotatable bonds is 5. The van der Waals surface area contributed by atoms with E-state index in [4.69, 9.17) is 26.1 Å². The number of hydrogen-bond acceptors (Lipinski definition) is 4. The molecule has 2 aromatic heterocycles. The zero-order valence-electron chi connectivity index (χ0n) is 17.7. The topological polar surface area (TPSA) is 49.2 Å². The quantitative estimate of drug-likeness (QED) is 0.536. The number of pyridine rings is 1. The molecule has 5 rings (SSSR count). The predicted molar refractivity (Wildman–Crippen MR) is 118 cm³/mol. The summed E-state index contributed by atoms with van der Waals surface area (Å²) in [7, 11) is 0. The lowest BCUT2D eigenvalue weighted by atomic mass is 10.1. The van der Waals surface area contributed by atoms with Gasteiger partial charge in [0.05, 0.1) is 30.0 Å². The highest BCUT2D eigenvalue weighted by Gasteiger charge is 2.27. The first-order valence-corrected chi connectivity index (χ1v) is 11.1. The molecule has 3 aromatic rings. The fourth-order valence-electron chi connectivity index (χ4n) is 4.13. The van der Waals surface area contributed by atoms with E-state index in [0.29, 0.717) is 30.3 Å². The Morgan fingerprint density at radius 3 is 2.58 bits per heavy atom. The van der Waals surface area contributed by atoms with Crippen molar-refractivity contribution in [2.45, 2.75) is 51.9 Å². The molecule has 7 heteroatoms. The molecule has 0 saturated heterocycles. The molecular formula is C24H25ClFN3O2. The van der Waals surface area contributed by atoms with Crippen LogP contribution in [0.25, 0.3) is 22.6 Å². The van der Waals surface area contributed by atoms with E-state index >= 15 is 0 Å². The Kier molecular flexibility index (Phi) is 5.44. The third-order valence-corrected chi connectivity index (χ3v) is 5.98. The molecule has 0 N–H and O–H groups in total. The van der Waals surface area contributed by atoms with Gasteiger partial charge in [-0.1, -0.05) is 11.6 Å². The Bertz CT molecular complexity index is 1110. The van der Waals surface area contributed by atoms with E-state index in [1.807, 2.05) is 44.2 Å². The van der Waals surface area contributed by atoms with Crippen molar-refractivity contribution in [3.8, 4) is 28.4 Å². The van der Waals surface area contributed by atoms with Crippen molar-refractivity contribution < 1.29 is 13.9 Å². The van der Waals surface area contributed by atoms with E-state index in [0.717, 1.165) is 52.6 Å². The van der Waals surface area contributed by atoms with Gasteiger partial charge in [0, 0.05) is 34.6 Å². The van der Waals surface area contributed by atoms with Gasteiger partial charge < -0.3 is 14.0 Å². The largest absolute Gasteiger partial charge is 0.489 e. The van der Waals surface area contributed by atoms with Crippen LogP contribution < -0.4 is 4.74 Å². The highest BCUT2D eigenvalue weighted by atomic mass is 35.5. The molecule has 1 aliphatic heterocycles. The SMILES string of the molecule is Cc1cc(-c2nc(-c3ccc(OC4CC4)c(Cl)c3)n3c2CCO[C@H](CF)C3)cc(C)n1. The standard InChI is InChI=1S/C24H25ClFN3O2/c1-14-9-17(10-15(2)27-14)23-21-7-8-30-19(12-26)13-29(21)24(28-23)16-3-6-22(20(25)11-16)31-18-4-5-18/h3,6,9-11,18-19H,4-5,7-8,12-13H2,1-2H3/t19-/m1/s1. The van der Waals surface area contributed by atoms with Crippen LogP contribution in [0.15, 0.2) is 30.3 Å². The molecule has 31 heavy (non-hydrogen) atoms. The summed E-state index contributed by atoms with van der Waals surface area (Å²) in [6.07, 6.45) is 2.60. The van der Waals surface area contributed by atoms with E-state index < -0.39 is 12.8 Å². The number of imidazole rings is 1. The molecule has 0 unspecified atom stereocenters. The Morgan fingerprint density at radius 1 is 1.13 bits per heavy atom. The lowest BCUT2D eigenvalue weighted by Crippen LogP contribution is -2.21. The van der Waals surface area contributed by atoms with Crippen molar-refractivity contribution in [3.05, 3.63) is 52.4 Å². The van der Waals surface area contributed by atoms with Gasteiger partial charge in [-0.2, -0.15) is 0 Å². The maximum Gasteiger partial charge on any atom is 0.141 e. The summed E-state index contributed by atoms with van der Waals surface area (Å²) in [5.74, 6) is 1.46. The molecule has 3 heterocycles. The van der Waals surface area contributed by atoms with Gasteiger partial charge >= 0.3 is 0 Å². The van der Waals surface area contributed by atoms with Crippen LogP contribution in [-0.2, 0) is 17.7 Å². The first-order chi connectivity index (χ1) is 15.0. The summed E-state index contributed by atoms with van der Waals surface area (Å²) >= 11 is 6.53. The number of ether oxygens (including phenoxy) is 2. The molecule has 0 bridgehead atoms. The van der Waals surface area contributed by atoms with E-state index in [1.54, 1.807) is 0 Å². The molecule has 5 nitrogen and oxygen atoms in total. The number of hydrogen-bond donors (Lipinski definition) is 0. The summed E-state index contributed by atoms with van der Waals surface area (Å²) in [6.45, 7) is 4.30. The maximum absolute atomic E-state index is 13.6. The first-order valence-electron chi connectivity index (χ1n) is 10.7. The summed E-state index contributed by atoms with van der Waals surface area (Å²) in [5, 5.41) is 0.561. The molecule has 0 amide bonds. The van der Waals surface area contributed by atoms with Crippen molar-refractivity contribution in [3.63, 3.8) is 0 Å². The van der Waals surface area contributed by atoms with Crippen molar-refractivity contribution in [2.75, 3.05) is 13.3 Å². The Labute approximate surface area is 186 Å². The third-order valence-electron chi connectivity index (χ3n) is 5.69. The van der Waals surface area contributed by atoms with Crippen LogP contribution in [0.1, 0.15) is 29.9 Å². The second kappa shape index (κ2) is 8.24. The molecule has 162 valence electrons.